The molecule has 0 aromatic heterocycles. The SMILES string of the molecule is CCN(CC(C)C(=O)O)c1cc(Cl)ccc1C. The van der Waals surface area contributed by atoms with E-state index in [4.69, 9.17) is 16.7 Å². The summed E-state index contributed by atoms with van der Waals surface area (Å²) in [6.45, 7) is 6.98. The Morgan fingerprint density at radius 2 is 2.18 bits per heavy atom. The standard InChI is InChI=1S/C13H18ClNO2/c1-4-15(8-10(3)13(16)17)12-7-11(14)6-5-9(12)2/h5-7,10H,4,8H2,1-3H3,(H,16,17). The van der Waals surface area contributed by atoms with Crippen molar-refractivity contribution in [2.24, 2.45) is 5.92 Å². The molecule has 0 amide bonds. The van der Waals surface area contributed by atoms with Crippen molar-refractivity contribution in [2.45, 2.75) is 20.8 Å². The quantitative estimate of drug-likeness (QED) is 0.878. The van der Waals surface area contributed by atoms with Gasteiger partial charge < -0.3 is 10.0 Å². The molecule has 94 valence electrons. The molecule has 0 aliphatic heterocycles. The van der Waals surface area contributed by atoms with Crippen LogP contribution < -0.4 is 4.90 Å². The predicted octanol–water partition coefficient (Wildman–Crippen LogP) is 3.20. The number of carboxylic acid groups (broad SMARTS) is 1. The Hall–Kier alpha value is -1.22. The molecule has 0 heterocycles. The van der Waals surface area contributed by atoms with Gasteiger partial charge in [0.2, 0.25) is 0 Å². The van der Waals surface area contributed by atoms with Crippen LogP contribution in [0, 0.1) is 12.8 Å². The van der Waals surface area contributed by atoms with E-state index in [0.717, 1.165) is 17.8 Å². The number of rotatable bonds is 5. The molecule has 1 unspecified atom stereocenters. The summed E-state index contributed by atoms with van der Waals surface area (Å²) in [6.07, 6.45) is 0. The maximum Gasteiger partial charge on any atom is 0.308 e. The van der Waals surface area contributed by atoms with Crippen LogP contribution in [0.3, 0.4) is 0 Å². The van der Waals surface area contributed by atoms with Gasteiger partial charge in [-0.2, -0.15) is 0 Å². The monoisotopic (exact) mass is 255 g/mol. The summed E-state index contributed by atoms with van der Waals surface area (Å²) in [5.74, 6) is -1.17. The third kappa shape index (κ3) is 3.63. The minimum absolute atomic E-state index is 0.395. The normalized spacial score (nSPS) is 12.2. The Bertz CT molecular complexity index is 406. The maximum absolute atomic E-state index is 10.9. The number of hydrogen-bond donors (Lipinski definition) is 1. The van der Waals surface area contributed by atoms with E-state index in [2.05, 4.69) is 0 Å². The molecule has 1 aromatic rings. The van der Waals surface area contributed by atoms with Gasteiger partial charge in [0.05, 0.1) is 5.92 Å². The molecule has 4 heteroatoms. The Balaban J connectivity index is 2.93. The van der Waals surface area contributed by atoms with Crippen LogP contribution in [0.2, 0.25) is 5.02 Å². The predicted molar refractivity (Wildman–Crippen MR) is 70.9 cm³/mol. The van der Waals surface area contributed by atoms with Crippen molar-refractivity contribution in [3.63, 3.8) is 0 Å². The summed E-state index contributed by atoms with van der Waals surface area (Å²) in [4.78, 5) is 12.9. The Labute approximate surface area is 107 Å². The fraction of sp³-hybridized carbons (Fsp3) is 0.462. The van der Waals surface area contributed by atoms with Crippen LogP contribution in [0.1, 0.15) is 19.4 Å². The Morgan fingerprint density at radius 1 is 1.53 bits per heavy atom. The van der Waals surface area contributed by atoms with Crippen molar-refractivity contribution in [1.29, 1.82) is 0 Å². The van der Waals surface area contributed by atoms with E-state index in [9.17, 15) is 4.79 Å². The number of aryl methyl sites for hydroxylation is 1. The van der Waals surface area contributed by atoms with Gasteiger partial charge in [-0.15, -0.1) is 0 Å². The minimum atomic E-state index is -0.775. The molecule has 0 saturated carbocycles. The number of carbonyl (C=O) groups is 1. The first-order valence-corrected chi connectivity index (χ1v) is 6.07. The molecule has 0 aliphatic rings. The van der Waals surface area contributed by atoms with Crippen molar-refractivity contribution < 1.29 is 9.90 Å². The van der Waals surface area contributed by atoms with Gasteiger partial charge >= 0.3 is 5.97 Å². The molecule has 1 N–H and O–H groups in total. The number of benzene rings is 1. The third-order valence-corrected chi connectivity index (χ3v) is 3.04. The van der Waals surface area contributed by atoms with E-state index in [1.54, 1.807) is 6.92 Å². The molecule has 3 nitrogen and oxygen atoms in total. The molecule has 1 rings (SSSR count). The number of aliphatic carboxylic acids is 1. The van der Waals surface area contributed by atoms with Gasteiger partial charge in [0, 0.05) is 23.8 Å². The van der Waals surface area contributed by atoms with Crippen LogP contribution in [-0.2, 0) is 4.79 Å². The first kappa shape index (κ1) is 13.8. The Morgan fingerprint density at radius 3 is 2.71 bits per heavy atom. The van der Waals surface area contributed by atoms with Crippen LogP contribution >= 0.6 is 11.6 Å². The van der Waals surface area contributed by atoms with Gasteiger partial charge in [0.15, 0.2) is 0 Å². The first-order valence-electron chi connectivity index (χ1n) is 5.69. The lowest BCUT2D eigenvalue weighted by Crippen LogP contribution is -2.32. The molecule has 0 spiro atoms. The molecular weight excluding hydrogens is 238 g/mol. The highest BCUT2D eigenvalue weighted by atomic mass is 35.5. The third-order valence-electron chi connectivity index (χ3n) is 2.81. The van der Waals surface area contributed by atoms with Crippen LogP contribution in [0.25, 0.3) is 0 Å². The highest BCUT2D eigenvalue weighted by molar-refractivity contribution is 6.30. The molecule has 0 saturated heterocycles. The zero-order chi connectivity index (χ0) is 13.0. The van der Waals surface area contributed by atoms with Crippen LogP contribution in [0.15, 0.2) is 18.2 Å². The second kappa shape index (κ2) is 5.92. The second-order valence-electron chi connectivity index (χ2n) is 4.21. The summed E-state index contributed by atoms with van der Waals surface area (Å²) in [5.41, 5.74) is 2.11. The lowest BCUT2D eigenvalue weighted by molar-refractivity contribution is -0.140. The van der Waals surface area contributed by atoms with Crippen LogP contribution in [0.4, 0.5) is 5.69 Å². The van der Waals surface area contributed by atoms with Crippen molar-refractivity contribution in [2.75, 3.05) is 18.0 Å². The largest absolute Gasteiger partial charge is 0.481 e. The van der Waals surface area contributed by atoms with Crippen molar-refractivity contribution in [1.82, 2.24) is 0 Å². The zero-order valence-electron chi connectivity index (χ0n) is 10.4. The summed E-state index contributed by atoms with van der Waals surface area (Å²) in [6, 6.07) is 5.68. The number of nitrogens with zero attached hydrogens (tertiary/aromatic N) is 1. The number of carboxylic acids is 1. The summed E-state index contributed by atoms with van der Waals surface area (Å²) < 4.78 is 0. The smallest absolute Gasteiger partial charge is 0.308 e. The molecule has 0 fully saturated rings. The van der Waals surface area contributed by atoms with Gasteiger partial charge in [-0.3, -0.25) is 4.79 Å². The van der Waals surface area contributed by atoms with E-state index < -0.39 is 11.9 Å². The lowest BCUT2D eigenvalue weighted by Gasteiger charge is -2.26. The molecule has 0 bridgehead atoms. The molecule has 0 aliphatic carbocycles. The first-order chi connectivity index (χ1) is 7.95. The van der Waals surface area contributed by atoms with Crippen molar-refractivity contribution in [3.05, 3.63) is 28.8 Å². The molecule has 1 aromatic carbocycles. The average molecular weight is 256 g/mol. The lowest BCUT2D eigenvalue weighted by atomic mass is 10.1. The summed E-state index contributed by atoms with van der Waals surface area (Å²) in [7, 11) is 0. The fourth-order valence-corrected chi connectivity index (χ4v) is 1.90. The van der Waals surface area contributed by atoms with E-state index in [1.165, 1.54) is 0 Å². The van der Waals surface area contributed by atoms with Gasteiger partial charge in [0.25, 0.3) is 0 Å². The highest BCUT2D eigenvalue weighted by Gasteiger charge is 2.16. The minimum Gasteiger partial charge on any atom is -0.481 e. The fourth-order valence-electron chi connectivity index (χ4n) is 1.73. The molecule has 1 atom stereocenters. The highest BCUT2D eigenvalue weighted by Crippen LogP contribution is 2.24. The van der Waals surface area contributed by atoms with Gasteiger partial charge in [-0.25, -0.2) is 0 Å². The molecular formula is C13H18ClNO2. The summed E-state index contributed by atoms with van der Waals surface area (Å²) in [5, 5.41) is 9.62. The second-order valence-corrected chi connectivity index (χ2v) is 4.65. The maximum atomic E-state index is 10.9. The van der Waals surface area contributed by atoms with E-state index >= 15 is 0 Å². The molecule has 0 radical (unpaired) electrons. The number of halogens is 1. The van der Waals surface area contributed by atoms with Crippen molar-refractivity contribution >= 4 is 23.3 Å². The van der Waals surface area contributed by atoms with Gasteiger partial charge in [0.1, 0.15) is 0 Å². The van der Waals surface area contributed by atoms with E-state index in [1.807, 2.05) is 36.9 Å². The number of hydrogen-bond acceptors (Lipinski definition) is 2. The van der Waals surface area contributed by atoms with Gasteiger partial charge in [-0.1, -0.05) is 24.6 Å². The van der Waals surface area contributed by atoms with Gasteiger partial charge in [-0.05, 0) is 31.5 Å². The molecule has 17 heavy (non-hydrogen) atoms. The number of anilines is 1. The van der Waals surface area contributed by atoms with Crippen molar-refractivity contribution in [3.8, 4) is 0 Å². The van der Waals surface area contributed by atoms with Crippen LogP contribution in [0.5, 0.6) is 0 Å². The topological polar surface area (TPSA) is 40.5 Å². The zero-order valence-corrected chi connectivity index (χ0v) is 11.2. The summed E-state index contributed by atoms with van der Waals surface area (Å²) >= 11 is 5.97. The van der Waals surface area contributed by atoms with E-state index in [0.29, 0.717) is 11.6 Å². The average Bonchev–Trinajstić information content (AvgIpc) is 2.29. The Kier molecular flexibility index (Phi) is 4.82. The van der Waals surface area contributed by atoms with Crippen LogP contribution in [-0.4, -0.2) is 24.2 Å². The van der Waals surface area contributed by atoms with E-state index in [-0.39, 0.29) is 0 Å².